The van der Waals surface area contributed by atoms with Crippen molar-refractivity contribution in [3.8, 4) is 0 Å². The topological polar surface area (TPSA) is 158 Å². The lowest BCUT2D eigenvalue weighted by Crippen LogP contribution is -2.72. The van der Waals surface area contributed by atoms with E-state index in [2.05, 4.69) is 5.32 Å². The minimum absolute atomic E-state index is 0.293. The van der Waals surface area contributed by atoms with Crippen LogP contribution in [-0.2, 0) is 29.0 Å². The molecule has 3 fully saturated rings. The average Bonchev–Trinajstić information content (AvgIpc) is 3.09. The van der Waals surface area contributed by atoms with Crippen LogP contribution in [0.25, 0.3) is 0 Å². The Morgan fingerprint density at radius 2 is 1.74 bits per heavy atom. The molecule has 3 atom stereocenters. The Hall–Kier alpha value is -1.73. The molecule has 3 heterocycles. The highest BCUT2D eigenvalue weighted by Gasteiger charge is 2.72. The van der Waals surface area contributed by atoms with E-state index in [0.717, 1.165) is 4.90 Å². The van der Waals surface area contributed by atoms with Gasteiger partial charge < -0.3 is 20.4 Å². The first-order chi connectivity index (χ1) is 12.4. The fourth-order valence-corrected chi connectivity index (χ4v) is 8.12. The van der Waals surface area contributed by atoms with Crippen LogP contribution in [0.1, 0.15) is 13.8 Å². The first-order valence-corrected chi connectivity index (χ1v) is 11.3. The van der Waals surface area contributed by atoms with E-state index in [0.29, 0.717) is 15.7 Å². The third kappa shape index (κ3) is 2.74. The number of rotatable bonds is 4. The highest BCUT2D eigenvalue weighted by atomic mass is 32.2. The molecule has 27 heavy (non-hydrogen) atoms. The number of fused-ring (bicyclic) bond motifs is 1. The number of thioether (sulfide) groups is 2. The predicted octanol–water partition coefficient (Wildman–Crippen LogP) is -0.924. The zero-order chi connectivity index (χ0) is 20.3. The molecular weight excluding hydrogens is 420 g/mol. The van der Waals surface area contributed by atoms with Crippen molar-refractivity contribution in [1.29, 1.82) is 0 Å². The van der Waals surface area contributed by atoms with Gasteiger partial charge in [-0.05, 0) is 13.8 Å². The molecule has 0 bridgehead atoms. The van der Waals surface area contributed by atoms with Crippen LogP contribution >= 0.6 is 23.5 Å². The zero-order valence-electron chi connectivity index (χ0n) is 14.2. The average molecular weight is 436 g/mol. The minimum atomic E-state index is -4.12. The van der Waals surface area contributed by atoms with Gasteiger partial charge in [0.25, 0.3) is 5.91 Å². The van der Waals surface area contributed by atoms with Gasteiger partial charge in [-0.25, -0.2) is 18.0 Å². The summed E-state index contributed by atoms with van der Waals surface area (Å²) in [5.41, 5.74) is -0.543. The van der Waals surface area contributed by atoms with E-state index < -0.39 is 61.4 Å². The summed E-state index contributed by atoms with van der Waals surface area (Å²) >= 11 is 2.39. The molecular formula is C14H16N2O8S3. The van der Waals surface area contributed by atoms with Crippen molar-refractivity contribution >= 4 is 57.1 Å². The van der Waals surface area contributed by atoms with Crippen molar-refractivity contribution in [3.63, 3.8) is 0 Å². The molecule has 13 heteroatoms. The molecule has 3 aliphatic rings. The number of carboxylic acid groups (broad SMARTS) is 2. The van der Waals surface area contributed by atoms with Gasteiger partial charge in [0, 0.05) is 11.5 Å². The van der Waals surface area contributed by atoms with Crippen LogP contribution in [-0.4, -0.2) is 81.0 Å². The minimum Gasteiger partial charge on any atom is -0.480 e. The number of sulfone groups is 1. The van der Waals surface area contributed by atoms with Crippen molar-refractivity contribution in [3.05, 3.63) is 9.81 Å². The Morgan fingerprint density at radius 3 is 2.22 bits per heavy atom. The normalized spacial score (nSPS) is 30.4. The van der Waals surface area contributed by atoms with E-state index in [1.165, 1.54) is 37.4 Å². The summed E-state index contributed by atoms with van der Waals surface area (Å²) in [6, 6.07) is -3.09. The quantitative estimate of drug-likeness (QED) is 0.218. The maximum atomic E-state index is 12.7. The number of nitrogens with one attached hydrogen (secondary N) is 1. The third-order valence-electron chi connectivity index (χ3n) is 4.78. The number of nitrogens with zero attached hydrogens (tertiary/aromatic N) is 1. The molecule has 0 radical (unpaired) electrons. The van der Waals surface area contributed by atoms with E-state index in [9.17, 15) is 37.8 Å². The van der Waals surface area contributed by atoms with E-state index in [4.69, 9.17) is 0 Å². The number of hydrogen-bond donors (Lipinski definition) is 3. The Balaban J connectivity index is 1.91. The summed E-state index contributed by atoms with van der Waals surface area (Å²) in [6.45, 7) is 2.42. The Kier molecular flexibility index (Phi) is 4.75. The summed E-state index contributed by atoms with van der Waals surface area (Å²) in [7, 11) is -4.12. The van der Waals surface area contributed by atoms with Crippen molar-refractivity contribution in [2.24, 2.45) is 0 Å². The van der Waals surface area contributed by atoms with E-state index in [1.807, 2.05) is 0 Å². The smallest absolute Gasteiger partial charge is 0.343 e. The summed E-state index contributed by atoms with van der Waals surface area (Å²) in [4.78, 5) is 48.5. The summed E-state index contributed by atoms with van der Waals surface area (Å²) in [5.74, 6) is -3.61. The molecule has 1 unspecified atom stereocenters. The Morgan fingerprint density at radius 1 is 1.19 bits per heavy atom. The van der Waals surface area contributed by atoms with Crippen LogP contribution in [0.2, 0.25) is 0 Å². The van der Waals surface area contributed by atoms with Gasteiger partial charge in [0.15, 0.2) is 15.2 Å². The highest BCUT2D eigenvalue weighted by molar-refractivity contribution is 8.25. The maximum absolute atomic E-state index is 12.7. The molecule has 3 rings (SSSR count). The van der Waals surface area contributed by atoms with Gasteiger partial charge in [-0.2, -0.15) is 0 Å². The van der Waals surface area contributed by atoms with Crippen LogP contribution in [0.5, 0.6) is 0 Å². The lowest BCUT2D eigenvalue weighted by Gasteiger charge is -2.42. The fourth-order valence-electron chi connectivity index (χ4n) is 3.39. The second kappa shape index (κ2) is 6.41. The largest absolute Gasteiger partial charge is 0.480 e. The van der Waals surface area contributed by atoms with Gasteiger partial charge in [-0.3, -0.25) is 9.59 Å². The van der Waals surface area contributed by atoms with Gasteiger partial charge in [-0.15, -0.1) is 23.5 Å². The second-order valence-electron chi connectivity index (χ2n) is 6.64. The molecule has 0 aliphatic carbocycles. The molecule has 0 aromatic heterocycles. The van der Waals surface area contributed by atoms with Gasteiger partial charge in [-0.1, -0.05) is 0 Å². The lowest BCUT2D eigenvalue weighted by molar-refractivity contribution is -0.161. The first-order valence-electron chi connectivity index (χ1n) is 7.75. The van der Waals surface area contributed by atoms with Crippen LogP contribution in [0.3, 0.4) is 0 Å². The van der Waals surface area contributed by atoms with Gasteiger partial charge in [0.1, 0.15) is 22.4 Å². The van der Waals surface area contributed by atoms with Crippen molar-refractivity contribution in [2.75, 3.05) is 11.5 Å². The van der Waals surface area contributed by atoms with Gasteiger partial charge in [0.2, 0.25) is 5.91 Å². The van der Waals surface area contributed by atoms with Gasteiger partial charge >= 0.3 is 11.9 Å². The second-order valence-corrected chi connectivity index (χ2v) is 11.7. The number of carboxylic acids is 2. The van der Waals surface area contributed by atoms with E-state index in [-0.39, 0.29) is 0 Å². The number of carbonyl (C=O) groups is 4. The molecule has 3 saturated heterocycles. The maximum Gasteiger partial charge on any atom is 0.343 e. The number of carbonyl (C=O) groups excluding carboxylic acids is 2. The number of β-lactam (4-membered cyclic amide) rings is 1. The number of hydrogen-bond acceptors (Lipinski definition) is 8. The summed E-state index contributed by atoms with van der Waals surface area (Å²) in [6.07, 6.45) is 0. The molecule has 0 saturated carbocycles. The lowest BCUT2D eigenvalue weighted by atomic mass is 9.96. The zero-order valence-corrected chi connectivity index (χ0v) is 16.6. The van der Waals surface area contributed by atoms with E-state index in [1.54, 1.807) is 0 Å². The number of aliphatic carboxylic acids is 2. The van der Waals surface area contributed by atoms with Crippen LogP contribution in [0, 0.1) is 0 Å². The molecule has 3 N–H and O–H groups in total. The molecule has 3 aliphatic heterocycles. The third-order valence-corrected chi connectivity index (χ3v) is 10.3. The molecule has 10 nitrogen and oxygen atoms in total. The monoisotopic (exact) mass is 436 g/mol. The fraction of sp³-hybridized carbons (Fsp3) is 0.571. The highest BCUT2D eigenvalue weighted by Crippen LogP contribution is 2.46. The molecule has 2 amide bonds. The van der Waals surface area contributed by atoms with Crippen molar-refractivity contribution < 1.29 is 37.8 Å². The molecule has 0 aromatic rings. The van der Waals surface area contributed by atoms with Crippen LogP contribution in [0.15, 0.2) is 9.81 Å². The summed E-state index contributed by atoms with van der Waals surface area (Å²) < 4.78 is 24.0. The predicted molar refractivity (Wildman–Crippen MR) is 96.6 cm³/mol. The Bertz CT molecular complexity index is 886. The summed E-state index contributed by atoms with van der Waals surface area (Å²) in [5, 5.41) is 19.3. The van der Waals surface area contributed by atoms with Crippen LogP contribution in [0.4, 0.5) is 0 Å². The first kappa shape index (κ1) is 20.0. The van der Waals surface area contributed by atoms with Crippen molar-refractivity contribution in [1.82, 2.24) is 10.2 Å². The molecule has 148 valence electrons. The standard InChI is InChI=1S/C14H16N2O8S3/c1-14(2)7(12(21)22)16-9(18)6(10(16)27(14,23)24)15-8(17)5(11(19)20)13-25-3-4-26-13/h6-7,10H,3-4H2,1-2H3,(H,15,17)(H,19,20)(H,21,22)/t6-,7?,10-/m1/s1. The van der Waals surface area contributed by atoms with Gasteiger partial charge in [0.05, 0.1) is 4.24 Å². The Labute approximate surface area is 162 Å². The van der Waals surface area contributed by atoms with Crippen molar-refractivity contribution in [2.45, 2.75) is 36.1 Å². The van der Waals surface area contributed by atoms with E-state index >= 15 is 0 Å². The van der Waals surface area contributed by atoms with Crippen LogP contribution < -0.4 is 5.32 Å². The molecule has 0 spiro atoms. The SMILES string of the molecule is CC1(C)C(C(=O)O)N2C(=O)[C@@H](NC(=O)C(C(=O)O)=C3SCCS3)[C@H]2S1(=O)=O. The molecule has 0 aromatic carbocycles. The number of amides is 2.